The van der Waals surface area contributed by atoms with Crippen molar-refractivity contribution >= 4 is 29.9 Å². The van der Waals surface area contributed by atoms with E-state index in [1.54, 1.807) is 0 Å². The second-order valence-corrected chi connectivity index (χ2v) is 5.30. The maximum Gasteiger partial charge on any atom is 0.193 e. The Hall–Kier alpha value is -0.260. The third-order valence-corrected chi connectivity index (χ3v) is 3.55. The molecule has 1 unspecified atom stereocenters. The molecular weight excluding hydrogens is 337 g/mol. The van der Waals surface area contributed by atoms with Gasteiger partial charge in [0.05, 0.1) is 0 Å². The van der Waals surface area contributed by atoms with Crippen LogP contribution in [0, 0.1) is 5.41 Å². The molecule has 1 N–H and O–H groups in total. The largest absolute Gasteiger partial charge is 0.353 e. The van der Waals surface area contributed by atoms with Crippen LogP contribution in [0.4, 0.5) is 0 Å². The predicted octanol–water partition coefficient (Wildman–Crippen LogP) is 3.27. The molecule has 0 aliphatic carbocycles. The van der Waals surface area contributed by atoms with Gasteiger partial charge in [-0.3, -0.25) is 4.99 Å². The van der Waals surface area contributed by atoms with Crippen LogP contribution in [0.15, 0.2) is 17.6 Å². The molecule has 4 heteroatoms. The molecule has 0 radical (unpaired) electrons. The zero-order chi connectivity index (χ0) is 12.7. The zero-order valence-corrected chi connectivity index (χ0v) is 14.4. The Bertz CT molecular complexity index is 274. The van der Waals surface area contributed by atoms with E-state index in [0.29, 0.717) is 5.41 Å². The molecule has 0 aromatic heterocycles. The number of likely N-dealkylation sites (tertiary alicyclic amines) is 1. The van der Waals surface area contributed by atoms with Gasteiger partial charge in [0.1, 0.15) is 0 Å². The van der Waals surface area contributed by atoms with Gasteiger partial charge in [0.15, 0.2) is 5.96 Å². The molecule has 1 aliphatic rings. The van der Waals surface area contributed by atoms with E-state index in [0.717, 1.165) is 25.6 Å². The number of hydrogen-bond acceptors (Lipinski definition) is 1. The van der Waals surface area contributed by atoms with Gasteiger partial charge >= 0.3 is 0 Å². The minimum Gasteiger partial charge on any atom is -0.353 e. The Labute approximate surface area is 129 Å². The number of nitrogens with zero attached hydrogens (tertiary/aromatic N) is 2. The predicted molar refractivity (Wildman–Crippen MR) is 90.8 cm³/mol. The van der Waals surface area contributed by atoms with E-state index in [9.17, 15) is 0 Å². The van der Waals surface area contributed by atoms with Crippen molar-refractivity contribution < 1.29 is 0 Å². The van der Waals surface area contributed by atoms with Crippen molar-refractivity contribution in [1.29, 1.82) is 0 Å². The van der Waals surface area contributed by atoms with Crippen molar-refractivity contribution in [3.63, 3.8) is 0 Å². The first-order valence-electron chi connectivity index (χ1n) is 6.71. The van der Waals surface area contributed by atoms with Gasteiger partial charge in [0.2, 0.25) is 0 Å². The lowest BCUT2D eigenvalue weighted by Crippen LogP contribution is -2.49. The maximum atomic E-state index is 4.36. The van der Waals surface area contributed by atoms with Crippen molar-refractivity contribution in [2.45, 2.75) is 39.5 Å². The van der Waals surface area contributed by atoms with Crippen molar-refractivity contribution in [2.75, 3.05) is 26.7 Å². The van der Waals surface area contributed by atoms with E-state index in [4.69, 9.17) is 0 Å². The van der Waals surface area contributed by atoms with Gasteiger partial charge in [0, 0.05) is 26.7 Å². The molecule has 0 spiro atoms. The van der Waals surface area contributed by atoms with Gasteiger partial charge < -0.3 is 10.2 Å². The fraction of sp³-hybridized carbons (Fsp3) is 0.786. The highest BCUT2D eigenvalue weighted by atomic mass is 127. The van der Waals surface area contributed by atoms with Crippen molar-refractivity contribution in [1.82, 2.24) is 10.2 Å². The number of guanidine groups is 1. The first-order chi connectivity index (χ1) is 8.15. The number of piperidine rings is 1. The summed E-state index contributed by atoms with van der Waals surface area (Å²) in [5, 5.41) is 3.33. The van der Waals surface area contributed by atoms with Crippen molar-refractivity contribution in [3.05, 3.63) is 12.7 Å². The lowest BCUT2D eigenvalue weighted by molar-refractivity contribution is 0.143. The summed E-state index contributed by atoms with van der Waals surface area (Å²) in [7, 11) is 1.86. The van der Waals surface area contributed by atoms with Crippen LogP contribution in [0.5, 0.6) is 0 Å². The first-order valence-corrected chi connectivity index (χ1v) is 6.71. The molecule has 1 atom stereocenters. The van der Waals surface area contributed by atoms with E-state index in [-0.39, 0.29) is 24.0 Å². The molecule has 0 aromatic carbocycles. The van der Waals surface area contributed by atoms with Gasteiger partial charge in [-0.1, -0.05) is 26.3 Å². The quantitative estimate of drug-likeness (QED) is 0.358. The molecule has 1 aliphatic heterocycles. The highest BCUT2D eigenvalue weighted by Gasteiger charge is 2.31. The molecule has 1 heterocycles. The third-order valence-electron chi connectivity index (χ3n) is 3.55. The van der Waals surface area contributed by atoms with Crippen LogP contribution in [0.1, 0.15) is 39.5 Å². The number of rotatable bonds is 4. The third kappa shape index (κ3) is 5.16. The molecule has 1 rings (SSSR count). The highest BCUT2D eigenvalue weighted by Crippen LogP contribution is 2.33. The smallest absolute Gasteiger partial charge is 0.193 e. The number of hydrogen-bond donors (Lipinski definition) is 1. The molecule has 0 saturated carbocycles. The summed E-state index contributed by atoms with van der Waals surface area (Å²) in [4.78, 5) is 6.75. The van der Waals surface area contributed by atoms with Crippen LogP contribution in [-0.4, -0.2) is 37.5 Å². The number of aliphatic imine (C=N–C) groups is 1. The summed E-state index contributed by atoms with van der Waals surface area (Å²) in [5.74, 6) is 1.02. The van der Waals surface area contributed by atoms with E-state index in [1.807, 2.05) is 13.1 Å². The van der Waals surface area contributed by atoms with Gasteiger partial charge in [-0.2, -0.15) is 0 Å². The van der Waals surface area contributed by atoms with E-state index < -0.39 is 0 Å². The van der Waals surface area contributed by atoms with Crippen molar-refractivity contribution in [2.24, 2.45) is 10.4 Å². The van der Waals surface area contributed by atoms with Crippen LogP contribution in [0.25, 0.3) is 0 Å². The van der Waals surface area contributed by atoms with Gasteiger partial charge in [-0.25, -0.2) is 0 Å². The summed E-state index contributed by atoms with van der Waals surface area (Å²) >= 11 is 0. The molecule has 0 aromatic rings. The number of halogens is 1. The SMILES string of the molecule is C=CCNC(=NC)N1CCCC(C)(CCC)C1.I. The van der Waals surface area contributed by atoms with Crippen LogP contribution in [0.2, 0.25) is 0 Å². The summed E-state index contributed by atoms with van der Waals surface area (Å²) in [6.45, 7) is 11.4. The average Bonchev–Trinajstić information content (AvgIpc) is 2.30. The van der Waals surface area contributed by atoms with E-state index >= 15 is 0 Å². The zero-order valence-electron chi connectivity index (χ0n) is 12.0. The highest BCUT2D eigenvalue weighted by molar-refractivity contribution is 14.0. The van der Waals surface area contributed by atoms with E-state index in [2.05, 4.69) is 35.6 Å². The van der Waals surface area contributed by atoms with Gasteiger partial charge in [-0.05, 0) is 24.7 Å². The second-order valence-electron chi connectivity index (χ2n) is 5.30. The van der Waals surface area contributed by atoms with Crippen molar-refractivity contribution in [3.8, 4) is 0 Å². The number of nitrogens with one attached hydrogen (secondary N) is 1. The Balaban J connectivity index is 0.00000289. The summed E-state index contributed by atoms with van der Waals surface area (Å²) in [6, 6.07) is 0. The minimum absolute atomic E-state index is 0. The Morgan fingerprint density at radius 2 is 2.28 bits per heavy atom. The van der Waals surface area contributed by atoms with Gasteiger partial charge in [-0.15, -0.1) is 30.6 Å². The Morgan fingerprint density at radius 3 is 2.83 bits per heavy atom. The molecule has 1 saturated heterocycles. The van der Waals surface area contributed by atoms with Crippen LogP contribution >= 0.6 is 24.0 Å². The van der Waals surface area contributed by atoms with Crippen LogP contribution < -0.4 is 5.32 Å². The standard InChI is InChI=1S/C14H27N3.HI/c1-5-8-14(3)9-7-11-17(12-14)13(15-4)16-10-6-2;/h6H,2,5,7-12H2,1,3-4H3,(H,15,16);1H. The molecule has 1 fully saturated rings. The topological polar surface area (TPSA) is 27.6 Å². The molecular formula is C14H28IN3. The normalized spacial score (nSPS) is 24.4. The molecule has 0 bridgehead atoms. The molecule has 18 heavy (non-hydrogen) atoms. The lowest BCUT2D eigenvalue weighted by atomic mass is 9.78. The summed E-state index contributed by atoms with van der Waals surface area (Å²) in [5.41, 5.74) is 0.457. The maximum absolute atomic E-state index is 4.36. The lowest BCUT2D eigenvalue weighted by Gasteiger charge is -2.42. The summed E-state index contributed by atoms with van der Waals surface area (Å²) < 4.78 is 0. The average molecular weight is 365 g/mol. The minimum atomic E-state index is 0. The van der Waals surface area contributed by atoms with Crippen LogP contribution in [-0.2, 0) is 0 Å². The molecule has 0 amide bonds. The molecule has 3 nitrogen and oxygen atoms in total. The van der Waals surface area contributed by atoms with E-state index in [1.165, 1.54) is 25.7 Å². The fourth-order valence-electron chi connectivity index (χ4n) is 2.80. The monoisotopic (exact) mass is 365 g/mol. The second kappa shape index (κ2) is 8.77. The first kappa shape index (κ1) is 17.7. The molecule has 106 valence electrons. The van der Waals surface area contributed by atoms with Crippen LogP contribution in [0.3, 0.4) is 0 Å². The summed E-state index contributed by atoms with van der Waals surface area (Å²) in [6.07, 6.45) is 7.06. The fourth-order valence-corrected chi connectivity index (χ4v) is 2.80. The Morgan fingerprint density at radius 1 is 1.56 bits per heavy atom. The van der Waals surface area contributed by atoms with Gasteiger partial charge in [0.25, 0.3) is 0 Å². The Kier molecular flexibility index (Phi) is 8.65.